The molecule has 1 aromatic carbocycles. The van der Waals surface area contributed by atoms with Crippen LogP contribution in [0, 0.1) is 5.92 Å². The second-order valence-electron chi connectivity index (χ2n) is 4.80. The number of nitrogens with one attached hydrogen (secondary N) is 1. The maximum absolute atomic E-state index is 11.7. The van der Waals surface area contributed by atoms with Crippen LogP contribution in [0.1, 0.15) is 20.3 Å². The summed E-state index contributed by atoms with van der Waals surface area (Å²) in [5.41, 5.74) is 0.358. The van der Waals surface area contributed by atoms with Crippen LogP contribution in [0.2, 0.25) is 0 Å². The van der Waals surface area contributed by atoms with Gasteiger partial charge in [-0.15, -0.1) is 0 Å². The lowest BCUT2D eigenvalue weighted by atomic mass is 10.2. The van der Waals surface area contributed by atoms with Gasteiger partial charge in [0.15, 0.2) is 0 Å². The van der Waals surface area contributed by atoms with E-state index in [2.05, 4.69) is 4.72 Å². The Balaban J connectivity index is 2.67. The van der Waals surface area contributed by atoms with Crippen molar-refractivity contribution in [2.45, 2.75) is 20.3 Å². The topological polar surface area (TPSA) is 92.7 Å². The maximum atomic E-state index is 11.7. The number of aliphatic carboxylic acids is 1. The average Bonchev–Trinajstić information content (AvgIpc) is 2.34. The third-order valence-electron chi connectivity index (χ3n) is 2.28. The molecule has 1 aromatic rings. The molecule has 0 unspecified atom stereocenters. The van der Waals surface area contributed by atoms with Crippen molar-refractivity contribution in [1.82, 2.24) is 0 Å². The minimum Gasteiger partial charge on any atom is -0.493 e. The zero-order valence-electron chi connectivity index (χ0n) is 11.5. The molecule has 1 rings (SSSR count). The molecule has 112 valence electrons. The van der Waals surface area contributed by atoms with Gasteiger partial charge in [0.2, 0.25) is 10.0 Å². The molecule has 0 amide bonds. The van der Waals surface area contributed by atoms with E-state index in [0.717, 1.165) is 0 Å². The third-order valence-corrected chi connectivity index (χ3v) is 3.56. The second-order valence-corrected chi connectivity index (χ2v) is 6.64. The summed E-state index contributed by atoms with van der Waals surface area (Å²) < 4.78 is 31.2. The fraction of sp³-hybridized carbons (Fsp3) is 0.462. The zero-order valence-corrected chi connectivity index (χ0v) is 12.3. The predicted molar refractivity (Wildman–Crippen MR) is 76.4 cm³/mol. The first-order valence-corrected chi connectivity index (χ1v) is 7.89. The molecule has 0 atom stereocenters. The standard InChI is InChI=1S/C13H19NO5S/c1-10(2)9-19-12-5-3-4-11(8-12)14-20(17,18)7-6-13(15)16/h3-5,8,10,14H,6-7,9H2,1-2H3,(H,15,16). The van der Waals surface area contributed by atoms with Gasteiger partial charge in [-0.3, -0.25) is 9.52 Å². The van der Waals surface area contributed by atoms with Gasteiger partial charge in [0.05, 0.1) is 24.5 Å². The van der Waals surface area contributed by atoms with Gasteiger partial charge in [0.25, 0.3) is 0 Å². The summed E-state index contributed by atoms with van der Waals surface area (Å²) in [6, 6.07) is 6.56. The first kappa shape index (κ1) is 16.3. The van der Waals surface area contributed by atoms with Crippen LogP contribution in [0.25, 0.3) is 0 Å². The number of ether oxygens (including phenoxy) is 1. The quantitative estimate of drug-likeness (QED) is 0.765. The molecule has 0 aliphatic heterocycles. The highest BCUT2D eigenvalue weighted by atomic mass is 32.2. The van der Waals surface area contributed by atoms with E-state index in [9.17, 15) is 13.2 Å². The normalized spacial score (nSPS) is 11.3. The highest BCUT2D eigenvalue weighted by Crippen LogP contribution is 2.19. The predicted octanol–water partition coefficient (Wildman–Crippen LogP) is 1.94. The monoisotopic (exact) mass is 301 g/mol. The number of hydrogen-bond donors (Lipinski definition) is 2. The molecule has 0 spiro atoms. The molecule has 0 aliphatic carbocycles. The van der Waals surface area contributed by atoms with Gasteiger partial charge in [0.1, 0.15) is 5.75 Å². The molecule has 0 saturated carbocycles. The molecule has 0 aromatic heterocycles. The van der Waals surface area contributed by atoms with E-state index in [1.807, 2.05) is 13.8 Å². The minimum atomic E-state index is -3.66. The number of carbonyl (C=O) groups is 1. The Morgan fingerprint density at radius 1 is 1.40 bits per heavy atom. The Morgan fingerprint density at radius 2 is 2.10 bits per heavy atom. The fourth-order valence-electron chi connectivity index (χ4n) is 1.36. The van der Waals surface area contributed by atoms with E-state index in [-0.39, 0.29) is 0 Å². The number of carboxylic acids is 1. The Kier molecular flexibility index (Phi) is 5.82. The summed E-state index contributed by atoms with van der Waals surface area (Å²) in [5.74, 6) is -0.674. The van der Waals surface area contributed by atoms with Crippen LogP contribution < -0.4 is 9.46 Å². The van der Waals surface area contributed by atoms with Crippen LogP contribution in [0.4, 0.5) is 5.69 Å². The Morgan fingerprint density at radius 3 is 2.70 bits per heavy atom. The lowest BCUT2D eigenvalue weighted by Crippen LogP contribution is -2.18. The molecular weight excluding hydrogens is 282 g/mol. The van der Waals surface area contributed by atoms with Crippen LogP contribution in [-0.4, -0.2) is 31.9 Å². The fourth-order valence-corrected chi connectivity index (χ4v) is 2.40. The molecule has 0 aliphatic rings. The van der Waals surface area contributed by atoms with Crippen LogP contribution in [0.5, 0.6) is 5.75 Å². The number of anilines is 1. The van der Waals surface area contributed by atoms with Crippen LogP contribution in [0.3, 0.4) is 0 Å². The average molecular weight is 301 g/mol. The molecule has 2 N–H and O–H groups in total. The first-order chi connectivity index (χ1) is 9.28. The minimum absolute atomic E-state index is 0.358. The lowest BCUT2D eigenvalue weighted by Gasteiger charge is -2.11. The highest BCUT2D eigenvalue weighted by molar-refractivity contribution is 7.92. The van der Waals surface area contributed by atoms with Gasteiger partial charge in [-0.1, -0.05) is 19.9 Å². The van der Waals surface area contributed by atoms with Gasteiger partial charge in [0, 0.05) is 6.07 Å². The number of carboxylic acid groups (broad SMARTS) is 1. The first-order valence-electron chi connectivity index (χ1n) is 6.23. The lowest BCUT2D eigenvalue weighted by molar-refractivity contribution is -0.136. The van der Waals surface area contributed by atoms with Crippen molar-refractivity contribution in [3.8, 4) is 5.75 Å². The molecule has 0 heterocycles. The third kappa shape index (κ3) is 6.42. The van der Waals surface area contributed by atoms with Gasteiger partial charge in [-0.2, -0.15) is 0 Å². The zero-order chi connectivity index (χ0) is 15.2. The number of sulfonamides is 1. The number of hydrogen-bond acceptors (Lipinski definition) is 4. The van der Waals surface area contributed by atoms with Crippen LogP contribution in [0.15, 0.2) is 24.3 Å². The molecule has 0 saturated heterocycles. The molecule has 0 bridgehead atoms. The largest absolute Gasteiger partial charge is 0.493 e. The van der Waals surface area contributed by atoms with Gasteiger partial charge >= 0.3 is 5.97 Å². The van der Waals surface area contributed by atoms with E-state index >= 15 is 0 Å². The maximum Gasteiger partial charge on any atom is 0.304 e. The van der Waals surface area contributed by atoms with Crippen molar-refractivity contribution in [2.24, 2.45) is 5.92 Å². The van der Waals surface area contributed by atoms with Crippen molar-refractivity contribution < 1.29 is 23.1 Å². The summed E-state index contributed by atoms with van der Waals surface area (Å²) in [4.78, 5) is 10.4. The van der Waals surface area contributed by atoms with Crippen LogP contribution >= 0.6 is 0 Å². The van der Waals surface area contributed by atoms with Crippen molar-refractivity contribution in [3.63, 3.8) is 0 Å². The molecular formula is C13H19NO5S. The molecule has 0 fully saturated rings. The SMILES string of the molecule is CC(C)COc1cccc(NS(=O)(=O)CCC(=O)O)c1. The second kappa shape index (κ2) is 7.14. The van der Waals surface area contributed by atoms with Crippen molar-refractivity contribution in [1.29, 1.82) is 0 Å². The molecule has 6 nitrogen and oxygen atoms in total. The molecule has 20 heavy (non-hydrogen) atoms. The summed E-state index contributed by atoms with van der Waals surface area (Å²) in [5, 5.41) is 8.50. The van der Waals surface area contributed by atoms with Crippen molar-refractivity contribution >= 4 is 21.7 Å². The van der Waals surface area contributed by atoms with Crippen molar-refractivity contribution in [3.05, 3.63) is 24.3 Å². The van der Waals surface area contributed by atoms with E-state index in [1.165, 1.54) is 0 Å². The summed E-state index contributed by atoms with van der Waals surface area (Å²) in [7, 11) is -3.66. The van der Waals surface area contributed by atoms with E-state index in [1.54, 1.807) is 24.3 Å². The van der Waals surface area contributed by atoms with E-state index < -0.39 is 28.2 Å². The van der Waals surface area contributed by atoms with E-state index in [0.29, 0.717) is 24.0 Å². The Bertz CT molecular complexity index is 554. The van der Waals surface area contributed by atoms with Gasteiger partial charge in [-0.05, 0) is 18.1 Å². The number of benzene rings is 1. The van der Waals surface area contributed by atoms with Gasteiger partial charge in [-0.25, -0.2) is 8.42 Å². The number of rotatable bonds is 8. The van der Waals surface area contributed by atoms with Crippen LogP contribution in [-0.2, 0) is 14.8 Å². The molecule has 7 heteroatoms. The van der Waals surface area contributed by atoms with E-state index in [4.69, 9.17) is 9.84 Å². The summed E-state index contributed by atoms with van der Waals surface area (Å²) in [6.45, 7) is 4.56. The smallest absolute Gasteiger partial charge is 0.304 e. The summed E-state index contributed by atoms with van der Waals surface area (Å²) >= 11 is 0. The summed E-state index contributed by atoms with van der Waals surface area (Å²) in [6.07, 6.45) is -0.432. The Labute approximate surface area is 118 Å². The molecule has 0 radical (unpaired) electrons. The Hall–Kier alpha value is -1.76. The van der Waals surface area contributed by atoms with Gasteiger partial charge < -0.3 is 9.84 Å². The highest BCUT2D eigenvalue weighted by Gasteiger charge is 2.13. The van der Waals surface area contributed by atoms with Crippen molar-refractivity contribution in [2.75, 3.05) is 17.1 Å².